The van der Waals surface area contributed by atoms with Gasteiger partial charge in [0, 0.05) is 18.7 Å². The number of rotatable bonds is 5. The Balaban J connectivity index is 1.69. The average Bonchev–Trinajstić information content (AvgIpc) is 3.45. The molecule has 0 bridgehead atoms. The second-order valence-electron chi connectivity index (χ2n) is 9.29. The predicted octanol–water partition coefficient (Wildman–Crippen LogP) is 4.54. The van der Waals surface area contributed by atoms with Crippen LogP contribution in [0, 0.1) is 0 Å². The summed E-state index contributed by atoms with van der Waals surface area (Å²) in [6.45, 7) is 9.71. The molecule has 2 aliphatic rings. The van der Waals surface area contributed by atoms with Gasteiger partial charge in [-0.15, -0.1) is 11.3 Å². The third-order valence-corrected chi connectivity index (χ3v) is 6.89. The number of nitrogens with zero attached hydrogens (tertiary/aromatic N) is 3. The first kappa shape index (κ1) is 22.7. The van der Waals surface area contributed by atoms with Gasteiger partial charge in [-0.2, -0.15) is 0 Å². The Morgan fingerprint density at radius 1 is 1.26 bits per heavy atom. The maximum absolute atomic E-state index is 13.8. The van der Waals surface area contributed by atoms with E-state index in [9.17, 15) is 4.79 Å². The zero-order chi connectivity index (χ0) is 24.0. The maximum Gasteiger partial charge on any atom is 0.275 e. The van der Waals surface area contributed by atoms with Crippen LogP contribution in [-0.2, 0) is 11.3 Å². The molecule has 2 aliphatic heterocycles. The van der Waals surface area contributed by atoms with Gasteiger partial charge in [0.15, 0.2) is 23.0 Å². The van der Waals surface area contributed by atoms with Crippen molar-refractivity contribution in [2.24, 2.45) is 0 Å². The van der Waals surface area contributed by atoms with Crippen LogP contribution in [0.5, 0.6) is 17.2 Å². The number of methoxy groups -OCH3 is 1. The lowest BCUT2D eigenvalue weighted by molar-refractivity contribution is -0.0374. The Morgan fingerprint density at radius 3 is 2.76 bits per heavy atom. The van der Waals surface area contributed by atoms with E-state index in [0.717, 1.165) is 16.3 Å². The van der Waals surface area contributed by atoms with E-state index < -0.39 is 5.54 Å². The third-order valence-electron chi connectivity index (χ3n) is 6.02. The fourth-order valence-electron chi connectivity index (χ4n) is 4.42. The molecule has 34 heavy (non-hydrogen) atoms. The first-order valence-electron chi connectivity index (χ1n) is 11.4. The molecule has 0 radical (unpaired) electrons. The highest BCUT2D eigenvalue weighted by atomic mass is 32.1. The number of aromatic nitrogens is 2. The first-order chi connectivity index (χ1) is 16.3. The van der Waals surface area contributed by atoms with Gasteiger partial charge < -0.3 is 23.8 Å². The molecule has 1 aromatic carbocycles. The van der Waals surface area contributed by atoms with E-state index in [1.54, 1.807) is 18.4 Å². The van der Waals surface area contributed by atoms with Crippen molar-refractivity contribution in [1.82, 2.24) is 14.5 Å². The van der Waals surface area contributed by atoms with Crippen LogP contribution in [0.25, 0.3) is 16.4 Å². The smallest absolute Gasteiger partial charge is 0.275 e. The third kappa shape index (κ3) is 3.82. The van der Waals surface area contributed by atoms with E-state index in [4.69, 9.17) is 23.9 Å². The molecule has 0 atom stereocenters. The minimum absolute atomic E-state index is 0.0313. The van der Waals surface area contributed by atoms with E-state index in [1.807, 2.05) is 66.8 Å². The van der Waals surface area contributed by atoms with Crippen LogP contribution < -0.4 is 14.2 Å². The molecule has 5 rings (SSSR count). The van der Waals surface area contributed by atoms with Crippen molar-refractivity contribution < 1.29 is 23.7 Å². The normalized spacial score (nSPS) is 16.6. The SMILES string of the molecule is COc1cc2c(cc1OC(C)C)-n1c(-c3cccs3)nc(C(=O)N3CCOCC3(C)C)c1CO2. The first-order valence-corrected chi connectivity index (χ1v) is 12.2. The average molecular weight is 484 g/mol. The van der Waals surface area contributed by atoms with Gasteiger partial charge in [-0.25, -0.2) is 4.98 Å². The quantitative estimate of drug-likeness (QED) is 0.530. The van der Waals surface area contributed by atoms with Crippen molar-refractivity contribution in [2.75, 3.05) is 26.9 Å². The molecule has 0 N–H and O–H groups in total. The van der Waals surface area contributed by atoms with Gasteiger partial charge >= 0.3 is 0 Å². The zero-order valence-electron chi connectivity index (χ0n) is 20.1. The largest absolute Gasteiger partial charge is 0.493 e. The van der Waals surface area contributed by atoms with Crippen LogP contribution in [0.15, 0.2) is 29.6 Å². The molecule has 180 valence electrons. The minimum Gasteiger partial charge on any atom is -0.493 e. The van der Waals surface area contributed by atoms with Gasteiger partial charge in [0.25, 0.3) is 5.91 Å². The summed E-state index contributed by atoms with van der Waals surface area (Å²) in [6, 6.07) is 7.73. The number of fused-ring (bicyclic) bond motifs is 3. The molecule has 0 saturated carbocycles. The Morgan fingerprint density at radius 2 is 2.09 bits per heavy atom. The number of hydrogen-bond acceptors (Lipinski definition) is 7. The van der Waals surface area contributed by atoms with Crippen LogP contribution in [0.4, 0.5) is 0 Å². The number of ether oxygens (including phenoxy) is 4. The van der Waals surface area contributed by atoms with Crippen LogP contribution in [0.1, 0.15) is 43.9 Å². The summed E-state index contributed by atoms with van der Waals surface area (Å²) in [4.78, 5) is 21.5. The van der Waals surface area contributed by atoms with Gasteiger partial charge in [0.05, 0.1) is 48.2 Å². The Kier molecular flexibility index (Phi) is 5.77. The standard InChI is InChI=1S/C25H29N3O5S/c1-15(2)33-20-11-16-18(12-19(20)30-5)32-13-17-22(24(29)27-8-9-31-14-25(27,3)4)26-23(28(16)17)21-7-6-10-34-21/h6-7,10-12,15H,8-9,13-14H2,1-5H3. The maximum atomic E-state index is 13.8. The fourth-order valence-corrected chi connectivity index (χ4v) is 5.13. The predicted molar refractivity (Wildman–Crippen MR) is 129 cm³/mol. The number of hydrogen-bond donors (Lipinski definition) is 0. The highest BCUT2D eigenvalue weighted by molar-refractivity contribution is 7.13. The summed E-state index contributed by atoms with van der Waals surface area (Å²) in [5.74, 6) is 2.46. The molecule has 8 nitrogen and oxygen atoms in total. The van der Waals surface area contributed by atoms with Crippen LogP contribution in [0.2, 0.25) is 0 Å². The van der Waals surface area contributed by atoms with Crippen LogP contribution in [0.3, 0.4) is 0 Å². The number of carbonyl (C=O) groups is 1. The van der Waals surface area contributed by atoms with Gasteiger partial charge in [0.1, 0.15) is 12.4 Å². The molecule has 1 saturated heterocycles. The Labute approximate surface area is 203 Å². The summed E-state index contributed by atoms with van der Waals surface area (Å²) in [6.07, 6.45) is -0.0313. The van der Waals surface area contributed by atoms with Crippen LogP contribution in [-0.4, -0.2) is 58.9 Å². The number of amides is 1. The van der Waals surface area contributed by atoms with E-state index in [-0.39, 0.29) is 18.6 Å². The second kappa shape index (κ2) is 8.63. The topological polar surface area (TPSA) is 75.1 Å². The molecule has 3 aromatic rings. The molecule has 4 heterocycles. The number of benzene rings is 1. The van der Waals surface area contributed by atoms with Gasteiger partial charge in [0.2, 0.25) is 0 Å². The van der Waals surface area contributed by atoms with Crippen molar-refractivity contribution in [3.05, 3.63) is 41.0 Å². The molecule has 0 aliphatic carbocycles. The van der Waals surface area contributed by atoms with Crippen LogP contribution >= 0.6 is 11.3 Å². The molecule has 9 heteroatoms. The summed E-state index contributed by atoms with van der Waals surface area (Å²) in [5, 5.41) is 2.01. The van der Waals surface area contributed by atoms with E-state index >= 15 is 0 Å². The number of imidazole rings is 1. The number of thiophene rings is 1. The lowest BCUT2D eigenvalue weighted by Gasteiger charge is -2.41. The highest BCUT2D eigenvalue weighted by Crippen LogP contribution is 2.43. The molecule has 1 fully saturated rings. The van der Waals surface area contributed by atoms with E-state index in [2.05, 4.69) is 0 Å². The van der Waals surface area contributed by atoms with Crippen molar-refractivity contribution in [3.8, 4) is 33.6 Å². The van der Waals surface area contributed by atoms with Gasteiger partial charge in [-0.05, 0) is 39.1 Å². The second-order valence-corrected chi connectivity index (χ2v) is 10.2. The highest BCUT2D eigenvalue weighted by Gasteiger charge is 2.39. The lowest BCUT2D eigenvalue weighted by Crippen LogP contribution is -2.55. The van der Waals surface area contributed by atoms with Gasteiger partial charge in [-0.1, -0.05) is 6.07 Å². The van der Waals surface area contributed by atoms with Crippen molar-refractivity contribution in [3.63, 3.8) is 0 Å². The Hall–Kier alpha value is -3.04. The minimum atomic E-state index is -0.423. The zero-order valence-corrected chi connectivity index (χ0v) is 20.9. The van der Waals surface area contributed by atoms with Crippen molar-refractivity contribution in [2.45, 2.75) is 45.9 Å². The molecular weight excluding hydrogens is 454 g/mol. The summed E-state index contributed by atoms with van der Waals surface area (Å²) >= 11 is 1.58. The van der Waals surface area contributed by atoms with E-state index in [1.165, 1.54) is 0 Å². The van der Waals surface area contributed by atoms with Crippen molar-refractivity contribution in [1.29, 1.82) is 0 Å². The van der Waals surface area contributed by atoms with Crippen molar-refractivity contribution >= 4 is 17.2 Å². The lowest BCUT2D eigenvalue weighted by atomic mass is 10.0. The fraction of sp³-hybridized carbons (Fsp3) is 0.440. The number of carbonyl (C=O) groups excluding carboxylic acids is 1. The molecule has 2 aromatic heterocycles. The van der Waals surface area contributed by atoms with E-state index in [0.29, 0.717) is 48.5 Å². The molecule has 0 spiro atoms. The molecule has 0 unspecified atom stereocenters. The Bertz CT molecular complexity index is 1220. The summed E-state index contributed by atoms with van der Waals surface area (Å²) in [7, 11) is 1.61. The summed E-state index contributed by atoms with van der Waals surface area (Å²) in [5.41, 5.74) is 1.48. The summed E-state index contributed by atoms with van der Waals surface area (Å²) < 4.78 is 25.3. The monoisotopic (exact) mass is 483 g/mol. The number of morpholine rings is 1. The molecular formula is C25H29N3O5S. The molecule has 1 amide bonds. The van der Waals surface area contributed by atoms with Gasteiger partial charge in [-0.3, -0.25) is 9.36 Å².